The number of rotatable bonds is 3. The number of aromatic nitrogens is 1. The zero-order valence-electron chi connectivity index (χ0n) is 13.2. The van der Waals surface area contributed by atoms with Crippen molar-refractivity contribution in [1.82, 2.24) is 4.98 Å². The monoisotopic (exact) mass is 283 g/mol. The van der Waals surface area contributed by atoms with Gasteiger partial charge in [-0.05, 0) is 55.6 Å². The van der Waals surface area contributed by atoms with Crippen LogP contribution in [0.5, 0.6) is 0 Å². The highest BCUT2D eigenvalue weighted by Crippen LogP contribution is 2.33. The van der Waals surface area contributed by atoms with E-state index in [1.807, 2.05) is 0 Å². The lowest BCUT2D eigenvalue weighted by atomic mass is 9.78. The van der Waals surface area contributed by atoms with E-state index in [2.05, 4.69) is 31.3 Å². The van der Waals surface area contributed by atoms with Gasteiger partial charge >= 0.3 is 0 Å². The van der Waals surface area contributed by atoms with Crippen molar-refractivity contribution in [2.24, 2.45) is 11.8 Å². The minimum atomic E-state index is 0.470. The fourth-order valence-electron chi connectivity index (χ4n) is 3.98. The zero-order valence-corrected chi connectivity index (χ0v) is 13.2. The molecule has 1 aromatic heterocycles. The largest absolute Gasteiger partial charge is 0.366 e. The lowest BCUT2D eigenvalue weighted by molar-refractivity contribution is 0.253. The first-order chi connectivity index (χ1) is 10.2. The van der Waals surface area contributed by atoms with Crippen LogP contribution in [-0.4, -0.2) is 11.0 Å². The summed E-state index contributed by atoms with van der Waals surface area (Å²) in [4.78, 5) is 4.78. The van der Waals surface area contributed by atoms with Gasteiger partial charge in [-0.2, -0.15) is 5.26 Å². The minimum Gasteiger partial charge on any atom is -0.366 e. The molecule has 1 saturated carbocycles. The van der Waals surface area contributed by atoms with Gasteiger partial charge in [0.25, 0.3) is 0 Å². The molecule has 1 heterocycles. The Bertz CT molecular complexity index is 556. The van der Waals surface area contributed by atoms with Gasteiger partial charge in [0, 0.05) is 11.7 Å². The van der Waals surface area contributed by atoms with Gasteiger partial charge in [0.15, 0.2) is 0 Å². The first-order valence-electron chi connectivity index (χ1n) is 8.38. The molecule has 3 nitrogen and oxygen atoms in total. The van der Waals surface area contributed by atoms with E-state index < -0.39 is 0 Å². The van der Waals surface area contributed by atoms with Crippen molar-refractivity contribution in [3.8, 4) is 6.07 Å². The Morgan fingerprint density at radius 3 is 2.81 bits per heavy atom. The predicted molar refractivity (Wildman–Crippen MR) is 85.2 cm³/mol. The number of nitriles is 1. The Labute approximate surface area is 127 Å². The van der Waals surface area contributed by atoms with Crippen LogP contribution in [0.3, 0.4) is 0 Å². The number of nitrogens with zero attached hydrogens (tertiary/aromatic N) is 2. The Kier molecular flexibility index (Phi) is 4.14. The standard InChI is InChI=1S/C18H25N3/c1-12(2)15-7-3-4-8-17(15)21-18-14(11-19)10-13-6-5-9-16(13)20-18/h10,12,15,17H,3-9H2,1-2H3,(H,20,21). The maximum atomic E-state index is 9.42. The molecule has 1 aromatic rings. The molecule has 0 saturated heterocycles. The number of fused-ring (bicyclic) bond motifs is 1. The summed E-state index contributed by atoms with van der Waals surface area (Å²) >= 11 is 0. The quantitative estimate of drug-likeness (QED) is 0.909. The molecule has 3 heteroatoms. The smallest absolute Gasteiger partial charge is 0.144 e. The second-order valence-corrected chi connectivity index (χ2v) is 6.90. The molecule has 3 rings (SSSR count). The number of anilines is 1. The van der Waals surface area contributed by atoms with E-state index >= 15 is 0 Å². The molecule has 0 spiro atoms. The fourth-order valence-corrected chi connectivity index (χ4v) is 3.98. The molecule has 2 aliphatic carbocycles. The van der Waals surface area contributed by atoms with E-state index in [1.165, 1.54) is 43.4 Å². The second-order valence-electron chi connectivity index (χ2n) is 6.90. The van der Waals surface area contributed by atoms with Crippen molar-refractivity contribution >= 4 is 5.82 Å². The van der Waals surface area contributed by atoms with Gasteiger partial charge in [0.1, 0.15) is 11.9 Å². The summed E-state index contributed by atoms with van der Waals surface area (Å²) in [6.45, 7) is 4.62. The van der Waals surface area contributed by atoms with E-state index in [4.69, 9.17) is 4.98 Å². The Morgan fingerprint density at radius 2 is 2.05 bits per heavy atom. The maximum Gasteiger partial charge on any atom is 0.144 e. The van der Waals surface area contributed by atoms with E-state index in [1.54, 1.807) is 0 Å². The number of aryl methyl sites for hydroxylation is 2. The van der Waals surface area contributed by atoms with Crippen LogP contribution in [0.4, 0.5) is 5.82 Å². The van der Waals surface area contributed by atoms with Crippen LogP contribution < -0.4 is 5.32 Å². The van der Waals surface area contributed by atoms with Gasteiger partial charge < -0.3 is 5.32 Å². The summed E-state index contributed by atoms with van der Waals surface area (Å²) in [5.74, 6) is 2.21. The number of hydrogen-bond donors (Lipinski definition) is 1. The van der Waals surface area contributed by atoms with Gasteiger partial charge in [-0.3, -0.25) is 0 Å². The summed E-state index contributed by atoms with van der Waals surface area (Å²) in [7, 11) is 0. The predicted octanol–water partition coefficient (Wildman–Crippen LogP) is 4.07. The van der Waals surface area contributed by atoms with Crippen LogP contribution in [-0.2, 0) is 12.8 Å². The van der Waals surface area contributed by atoms with Crippen molar-refractivity contribution in [3.63, 3.8) is 0 Å². The van der Waals surface area contributed by atoms with Crippen molar-refractivity contribution in [2.45, 2.75) is 64.8 Å². The molecule has 0 radical (unpaired) electrons. The normalized spacial score (nSPS) is 24.7. The molecule has 112 valence electrons. The summed E-state index contributed by atoms with van der Waals surface area (Å²) in [6, 6.07) is 4.86. The van der Waals surface area contributed by atoms with Gasteiger partial charge in [0.2, 0.25) is 0 Å². The van der Waals surface area contributed by atoms with Gasteiger partial charge in [-0.15, -0.1) is 0 Å². The zero-order chi connectivity index (χ0) is 14.8. The first-order valence-corrected chi connectivity index (χ1v) is 8.38. The lowest BCUT2D eigenvalue weighted by Crippen LogP contribution is -2.35. The van der Waals surface area contributed by atoms with E-state index in [0.717, 1.165) is 24.2 Å². The molecular weight excluding hydrogens is 258 g/mol. The molecule has 2 unspecified atom stereocenters. The summed E-state index contributed by atoms with van der Waals surface area (Å²) in [6.07, 6.45) is 8.43. The van der Waals surface area contributed by atoms with Crippen molar-refractivity contribution in [3.05, 3.63) is 22.9 Å². The molecule has 21 heavy (non-hydrogen) atoms. The highest BCUT2D eigenvalue weighted by molar-refractivity contribution is 5.55. The van der Waals surface area contributed by atoms with E-state index in [-0.39, 0.29) is 0 Å². The second kappa shape index (κ2) is 6.05. The van der Waals surface area contributed by atoms with Crippen LogP contribution in [0.15, 0.2) is 6.07 Å². The van der Waals surface area contributed by atoms with Gasteiger partial charge in [-0.1, -0.05) is 26.7 Å². The average molecular weight is 283 g/mol. The lowest BCUT2D eigenvalue weighted by Gasteiger charge is -2.35. The molecular formula is C18H25N3. The molecule has 0 amide bonds. The van der Waals surface area contributed by atoms with Crippen LogP contribution in [0.2, 0.25) is 0 Å². The molecule has 0 bridgehead atoms. The molecule has 2 atom stereocenters. The van der Waals surface area contributed by atoms with Crippen LogP contribution in [0.1, 0.15) is 62.8 Å². The van der Waals surface area contributed by atoms with Crippen LogP contribution in [0, 0.1) is 23.2 Å². The van der Waals surface area contributed by atoms with Crippen LogP contribution >= 0.6 is 0 Å². The number of pyridine rings is 1. The third kappa shape index (κ3) is 2.90. The fraction of sp³-hybridized carbons (Fsp3) is 0.667. The van der Waals surface area contributed by atoms with E-state index in [0.29, 0.717) is 17.9 Å². The minimum absolute atomic E-state index is 0.470. The average Bonchev–Trinajstić information content (AvgIpc) is 2.94. The van der Waals surface area contributed by atoms with Crippen molar-refractivity contribution in [2.75, 3.05) is 5.32 Å². The Morgan fingerprint density at radius 1 is 1.24 bits per heavy atom. The molecule has 2 aliphatic rings. The van der Waals surface area contributed by atoms with Gasteiger partial charge in [0.05, 0.1) is 5.56 Å². The highest BCUT2D eigenvalue weighted by atomic mass is 15.0. The highest BCUT2D eigenvalue weighted by Gasteiger charge is 2.28. The number of nitrogens with one attached hydrogen (secondary N) is 1. The summed E-state index contributed by atoms with van der Waals surface area (Å²) < 4.78 is 0. The molecule has 0 aromatic carbocycles. The molecule has 0 aliphatic heterocycles. The Balaban J connectivity index is 1.85. The van der Waals surface area contributed by atoms with E-state index in [9.17, 15) is 5.26 Å². The molecule has 1 fully saturated rings. The molecule has 1 N–H and O–H groups in total. The SMILES string of the molecule is CC(C)C1CCCCC1Nc1nc2c(cc1C#N)CCC2. The van der Waals surface area contributed by atoms with Crippen LogP contribution in [0.25, 0.3) is 0 Å². The number of hydrogen-bond acceptors (Lipinski definition) is 3. The van der Waals surface area contributed by atoms with Crippen molar-refractivity contribution in [1.29, 1.82) is 5.26 Å². The third-order valence-electron chi connectivity index (χ3n) is 5.17. The van der Waals surface area contributed by atoms with Gasteiger partial charge in [-0.25, -0.2) is 4.98 Å². The van der Waals surface area contributed by atoms with Crippen molar-refractivity contribution < 1.29 is 0 Å². The summed E-state index contributed by atoms with van der Waals surface area (Å²) in [5, 5.41) is 13.1. The Hall–Kier alpha value is -1.56. The first kappa shape index (κ1) is 14.4. The topological polar surface area (TPSA) is 48.7 Å². The third-order valence-corrected chi connectivity index (χ3v) is 5.17. The summed E-state index contributed by atoms with van der Waals surface area (Å²) in [5.41, 5.74) is 3.21. The maximum absolute atomic E-state index is 9.42.